The Morgan fingerprint density at radius 2 is 2.00 bits per heavy atom. The van der Waals surface area contributed by atoms with Crippen molar-refractivity contribution in [2.75, 3.05) is 23.3 Å². The van der Waals surface area contributed by atoms with Crippen LogP contribution in [0.1, 0.15) is 24.8 Å². The Hall–Kier alpha value is -2.11. The lowest BCUT2D eigenvalue weighted by molar-refractivity contribution is -0.117. The molecule has 1 heterocycles. The van der Waals surface area contributed by atoms with Gasteiger partial charge in [-0.05, 0) is 67.4 Å². The van der Waals surface area contributed by atoms with Gasteiger partial charge in [-0.1, -0.05) is 29.8 Å². The molecule has 1 aliphatic heterocycles. The third-order valence-corrected chi connectivity index (χ3v) is 4.83. The maximum atomic E-state index is 11.9. The maximum Gasteiger partial charge on any atom is 0.227 e. The van der Waals surface area contributed by atoms with Crippen LogP contribution in [0.15, 0.2) is 48.5 Å². The lowest BCUT2D eigenvalue weighted by Gasteiger charge is -2.17. The molecular weight excluding hydrogens is 366 g/mol. The molecule has 2 aromatic rings. The zero-order valence-electron chi connectivity index (χ0n) is 14.5. The fourth-order valence-corrected chi connectivity index (χ4v) is 3.34. The second kappa shape index (κ2) is 9.01. The Morgan fingerprint density at radius 3 is 2.73 bits per heavy atom. The van der Waals surface area contributed by atoms with Crippen molar-refractivity contribution < 1.29 is 4.79 Å². The number of halogens is 1. The quantitative estimate of drug-likeness (QED) is 0.570. The number of hydrogen-bond donors (Lipinski definition) is 2. The van der Waals surface area contributed by atoms with Crippen molar-refractivity contribution in [3.63, 3.8) is 0 Å². The highest BCUT2D eigenvalue weighted by atomic mass is 35.5. The highest BCUT2D eigenvalue weighted by Crippen LogP contribution is 2.24. The van der Waals surface area contributed by atoms with Crippen molar-refractivity contribution in [2.24, 2.45) is 0 Å². The van der Waals surface area contributed by atoms with Crippen molar-refractivity contribution in [1.29, 1.82) is 0 Å². The number of anilines is 2. The standard InChI is InChI=1S/C20H22ClN3OS/c21-16-10-8-15(9-11-16)4-2-12-22-20(26)23-17-5-1-6-18(14-17)24-13-3-7-19(24)25/h1,5-6,8-11,14H,2-4,7,12-13H2,(H2,22,23,26). The van der Waals surface area contributed by atoms with Crippen LogP contribution in [0.3, 0.4) is 0 Å². The monoisotopic (exact) mass is 387 g/mol. The molecule has 0 unspecified atom stereocenters. The summed E-state index contributed by atoms with van der Waals surface area (Å²) < 4.78 is 0. The molecule has 3 rings (SSSR count). The number of amides is 1. The van der Waals surface area contributed by atoms with Gasteiger partial charge in [-0.3, -0.25) is 4.79 Å². The smallest absolute Gasteiger partial charge is 0.227 e. The van der Waals surface area contributed by atoms with Crippen LogP contribution >= 0.6 is 23.8 Å². The van der Waals surface area contributed by atoms with Gasteiger partial charge in [-0.2, -0.15) is 0 Å². The molecule has 0 radical (unpaired) electrons. The van der Waals surface area contributed by atoms with Gasteiger partial charge in [0.2, 0.25) is 5.91 Å². The van der Waals surface area contributed by atoms with Crippen LogP contribution in [0, 0.1) is 0 Å². The van der Waals surface area contributed by atoms with Crippen molar-refractivity contribution in [2.45, 2.75) is 25.7 Å². The highest BCUT2D eigenvalue weighted by molar-refractivity contribution is 7.80. The van der Waals surface area contributed by atoms with E-state index in [1.165, 1.54) is 5.56 Å². The predicted octanol–water partition coefficient (Wildman–Crippen LogP) is 4.39. The van der Waals surface area contributed by atoms with Crippen LogP contribution in [0.25, 0.3) is 0 Å². The van der Waals surface area contributed by atoms with Crippen LogP contribution in [0.4, 0.5) is 11.4 Å². The van der Waals surface area contributed by atoms with Crippen molar-refractivity contribution in [1.82, 2.24) is 5.32 Å². The van der Waals surface area contributed by atoms with Gasteiger partial charge in [-0.25, -0.2) is 0 Å². The van der Waals surface area contributed by atoms with Crippen LogP contribution in [-0.2, 0) is 11.2 Å². The highest BCUT2D eigenvalue weighted by Gasteiger charge is 2.21. The summed E-state index contributed by atoms with van der Waals surface area (Å²) in [6, 6.07) is 15.7. The maximum absolute atomic E-state index is 11.9. The zero-order chi connectivity index (χ0) is 18.4. The number of nitrogens with one attached hydrogen (secondary N) is 2. The van der Waals surface area contributed by atoms with E-state index in [0.29, 0.717) is 11.5 Å². The van der Waals surface area contributed by atoms with E-state index in [1.807, 2.05) is 53.4 Å². The first-order valence-corrected chi connectivity index (χ1v) is 9.60. The third kappa shape index (κ3) is 5.19. The number of nitrogens with zero attached hydrogens (tertiary/aromatic N) is 1. The molecule has 0 bridgehead atoms. The Kier molecular flexibility index (Phi) is 6.47. The number of thiocarbonyl (C=S) groups is 1. The van der Waals surface area contributed by atoms with Gasteiger partial charge >= 0.3 is 0 Å². The molecular formula is C20H22ClN3OS. The molecule has 2 aromatic carbocycles. The predicted molar refractivity (Wildman–Crippen MR) is 112 cm³/mol. The van der Waals surface area contributed by atoms with Crippen LogP contribution in [0.2, 0.25) is 5.02 Å². The van der Waals surface area contributed by atoms with E-state index in [1.54, 1.807) is 0 Å². The molecule has 1 saturated heterocycles. The average Bonchev–Trinajstić information content (AvgIpc) is 3.06. The fourth-order valence-electron chi connectivity index (χ4n) is 2.99. The topological polar surface area (TPSA) is 44.4 Å². The van der Waals surface area contributed by atoms with Gasteiger partial charge in [0.1, 0.15) is 0 Å². The molecule has 1 amide bonds. The molecule has 4 nitrogen and oxygen atoms in total. The summed E-state index contributed by atoms with van der Waals surface area (Å²) in [5, 5.41) is 7.76. The molecule has 2 N–H and O–H groups in total. The number of benzene rings is 2. The van der Waals surface area contributed by atoms with Crippen molar-refractivity contribution >= 4 is 46.2 Å². The number of hydrogen-bond acceptors (Lipinski definition) is 2. The van der Waals surface area contributed by atoms with Crippen LogP contribution < -0.4 is 15.5 Å². The molecule has 0 aromatic heterocycles. The van der Waals surface area contributed by atoms with Crippen LogP contribution in [0.5, 0.6) is 0 Å². The molecule has 0 saturated carbocycles. The molecule has 1 fully saturated rings. The molecule has 1 aliphatic rings. The average molecular weight is 388 g/mol. The fraction of sp³-hybridized carbons (Fsp3) is 0.300. The third-order valence-electron chi connectivity index (χ3n) is 4.33. The second-order valence-electron chi connectivity index (χ2n) is 6.31. The number of carbonyl (C=O) groups excluding carboxylic acids is 1. The molecule has 0 spiro atoms. The molecule has 0 aliphatic carbocycles. The van der Waals surface area contributed by atoms with Gasteiger partial charge in [0.25, 0.3) is 0 Å². The minimum atomic E-state index is 0.185. The summed E-state index contributed by atoms with van der Waals surface area (Å²) in [5.74, 6) is 0.185. The SMILES string of the molecule is O=C1CCCN1c1cccc(NC(=S)NCCCc2ccc(Cl)cc2)c1. The van der Waals surface area contributed by atoms with E-state index in [4.69, 9.17) is 23.8 Å². The summed E-state index contributed by atoms with van der Waals surface area (Å²) in [6.45, 7) is 1.58. The molecule has 26 heavy (non-hydrogen) atoms. The minimum absolute atomic E-state index is 0.185. The molecule has 136 valence electrons. The van der Waals surface area contributed by atoms with E-state index in [-0.39, 0.29) is 5.91 Å². The van der Waals surface area contributed by atoms with E-state index in [9.17, 15) is 4.79 Å². The van der Waals surface area contributed by atoms with E-state index in [0.717, 1.165) is 48.7 Å². The zero-order valence-corrected chi connectivity index (χ0v) is 16.1. The lowest BCUT2D eigenvalue weighted by atomic mass is 10.1. The van der Waals surface area contributed by atoms with E-state index >= 15 is 0 Å². The summed E-state index contributed by atoms with van der Waals surface area (Å²) in [6.07, 6.45) is 3.50. The first-order chi connectivity index (χ1) is 12.6. The largest absolute Gasteiger partial charge is 0.362 e. The summed E-state index contributed by atoms with van der Waals surface area (Å²) in [4.78, 5) is 13.7. The van der Waals surface area contributed by atoms with Crippen molar-refractivity contribution in [3.05, 3.63) is 59.1 Å². The number of rotatable bonds is 6. The van der Waals surface area contributed by atoms with Gasteiger partial charge in [0, 0.05) is 35.9 Å². The normalized spacial score (nSPS) is 13.7. The van der Waals surface area contributed by atoms with Crippen molar-refractivity contribution in [3.8, 4) is 0 Å². The van der Waals surface area contributed by atoms with E-state index < -0.39 is 0 Å². The van der Waals surface area contributed by atoms with Gasteiger partial charge < -0.3 is 15.5 Å². The minimum Gasteiger partial charge on any atom is -0.362 e. The van der Waals surface area contributed by atoms with Gasteiger partial charge in [-0.15, -0.1) is 0 Å². The Morgan fingerprint density at radius 1 is 1.19 bits per heavy atom. The Bertz CT molecular complexity index is 779. The van der Waals surface area contributed by atoms with Gasteiger partial charge in [0.05, 0.1) is 0 Å². The van der Waals surface area contributed by atoms with E-state index in [2.05, 4.69) is 10.6 Å². The molecule has 0 atom stereocenters. The second-order valence-corrected chi connectivity index (χ2v) is 7.15. The van der Waals surface area contributed by atoms with Crippen LogP contribution in [-0.4, -0.2) is 24.1 Å². The summed E-state index contributed by atoms with van der Waals surface area (Å²) >= 11 is 11.3. The lowest BCUT2D eigenvalue weighted by Crippen LogP contribution is -2.29. The first-order valence-electron chi connectivity index (χ1n) is 8.81. The summed E-state index contributed by atoms with van der Waals surface area (Å²) in [5.41, 5.74) is 3.07. The molecule has 6 heteroatoms. The number of aryl methyl sites for hydroxylation is 1. The first kappa shape index (κ1) is 18.7. The number of carbonyl (C=O) groups is 1. The summed E-state index contributed by atoms with van der Waals surface area (Å²) in [7, 11) is 0. The van der Waals surface area contributed by atoms with Gasteiger partial charge in [0.15, 0.2) is 5.11 Å². The Labute approximate surface area is 164 Å². The Balaban J connectivity index is 1.44.